The summed E-state index contributed by atoms with van der Waals surface area (Å²) in [6.45, 7) is 6.87. The number of carbonyl (C=O) groups is 1. The Kier molecular flexibility index (Phi) is 7.06. The van der Waals surface area contributed by atoms with Crippen LogP contribution in [0.5, 0.6) is 5.75 Å². The monoisotopic (exact) mass is 334 g/mol. The van der Waals surface area contributed by atoms with Gasteiger partial charge < -0.3 is 20.1 Å². The van der Waals surface area contributed by atoms with Crippen molar-refractivity contribution in [3.05, 3.63) is 29.3 Å². The molecule has 1 atom stereocenters. The Morgan fingerprint density at radius 3 is 2.71 bits per heavy atom. The first-order valence-corrected chi connectivity index (χ1v) is 8.79. The van der Waals surface area contributed by atoms with Gasteiger partial charge in [-0.15, -0.1) is 0 Å². The van der Waals surface area contributed by atoms with Crippen LogP contribution in [0.2, 0.25) is 0 Å². The van der Waals surface area contributed by atoms with E-state index in [-0.39, 0.29) is 5.91 Å². The fourth-order valence-electron chi connectivity index (χ4n) is 3.24. The van der Waals surface area contributed by atoms with Gasteiger partial charge in [0.25, 0.3) is 0 Å². The summed E-state index contributed by atoms with van der Waals surface area (Å²) in [5.41, 5.74) is 2.30. The van der Waals surface area contributed by atoms with Crippen LogP contribution < -0.4 is 10.1 Å². The van der Waals surface area contributed by atoms with Gasteiger partial charge in [-0.1, -0.05) is 17.7 Å². The van der Waals surface area contributed by atoms with Crippen LogP contribution in [0.15, 0.2) is 18.2 Å². The Morgan fingerprint density at radius 1 is 1.38 bits per heavy atom. The molecule has 24 heavy (non-hydrogen) atoms. The van der Waals surface area contributed by atoms with Crippen molar-refractivity contribution in [3.63, 3.8) is 0 Å². The van der Waals surface area contributed by atoms with Crippen LogP contribution >= 0.6 is 0 Å². The van der Waals surface area contributed by atoms with Crippen molar-refractivity contribution in [1.82, 2.24) is 10.2 Å². The number of benzene rings is 1. The van der Waals surface area contributed by atoms with E-state index in [9.17, 15) is 9.90 Å². The maximum absolute atomic E-state index is 11.4. The highest BCUT2D eigenvalue weighted by atomic mass is 16.5. The molecule has 2 N–H and O–H groups in total. The molecular formula is C19H30N2O3. The summed E-state index contributed by atoms with van der Waals surface area (Å²) < 4.78 is 5.75. The lowest BCUT2D eigenvalue weighted by molar-refractivity contribution is -0.121. The number of β-amino-alcohol motifs (C(OH)–C–C–N with tert-alkyl or cyclic N) is 1. The average Bonchev–Trinajstić information content (AvgIpc) is 2.55. The average molecular weight is 334 g/mol. The molecule has 1 aliphatic rings. The van der Waals surface area contributed by atoms with Gasteiger partial charge in [0.05, 0.1) is 0 Å². The quantitative estimate of drug-likeness (QED) is 0.799. The normalized spacial score (nSPS) is 17.5. The molecule has 134 valence electrons. The largest absolute Gasteiger partial charge is 0.491 e. The number of hydrogen-bond donors (Lipinski definition) is 2. The molecule has 1 saturated heterocycles. The Bertz CT molecular complexity index is 539. The maximum atomic E-state index is 11.4. The van der Waals surface area contributed by atoms with Gasteiger partial charge in [0.15, 0.2) is 0 Å². The molecule has 0 spiro atoms. The first-order chi connectivity index (χ1) is 11.5. The molecule has 2 rings (SSSR count). The molecule has 1 amide bonds. The van der Waals surface area contributed by atoms with Crippen LogP contribution in [0.1, 0.15) is 30.4 Å². The predicted octanol–water partition coefficient (Wildman–Crippen LogP) is 1.89. The van der Waals surface area contributed by atoms with Gasteiger partial charge in [-0.3, -0.25) is 4.79 Å². The number of piperidine rings is 1. The SMILES string of the molecule is CNC(=O)CC1CCN(CC(O)COc2ccc(C)cc2C)CC1. The fraction of sp³-hybridized carbons (Fsp3) is 0.632. The van der Waals surface area contributed by atoms with Crippen LogP contribution in [-0.4, -0.2) is 55.3 Å². The smallest absolute Gasteiger partial charge is 0.220 e. The van der Waals surface area contributed by atoms with Crippen LogP contribution in [0.3, 0.4) is 0 Å². The fourth-order valence-corrected chi connectivity index (χ4v) is 3.24. The van der Waals surface area contributed by atoms with Gasteiger partial charge in [0.2, 0.25) is 5.91 Å². The molecule has 0 saturated carbocycles. The number of aliphatic hydroxyl groups excluding tert-OH is 1. The van der Waals surface area contributed by atoms with E-state index in [0.717, 1.165) is 37.2 Å². The van der Waals surface area contributed by atoms with Gasteiger partial charge in [-0.05, 0) is 57.3 Å². The number of amides is 1. The number of rotatable bonds is 7. The van der Waals surface area contributed by atoms with Crippen LogP contribution in [0.4, 0.5) is 0 Å². The van der Waals surface area contributed by atoms with E-state index < -0.39 is 6.10 Å². The number of aliphatic hydroxyl groups is 1. The Hall–Kier alpha value is -1.59. The number of carbonyl (C=O) groups excluding carboxylic acids is 1. The molecule has 5 nitrogen and oxygen atoms in total. The van der Waals surface area contributed by atoms with Crippen molar-refractivity contribution < 1.29 is 14.6 Å². The number of nitrogens with one attached hydrogen (secondary N) is 1. The van der Waals surface area contributed by atoms with Crippen molar-refractivity contribution >= 4 is 5.91 Å². The van der Waals surface area contributed by atoms with E-state index in [4.69, 9.17) is 4.74 Å². The van der Waals surface area contributed by atoms with E-state index in [0.29, 0.717) is 25.5 Å². The Labute approximate surface area is 145 Å². The summed E-state index contributed by atoms with van der Waals surface area (Å²) in [6, 6.07) is 6.06. The van der Waals surface area contributed by atoms with Gasteiger partial charge >= 0.3 is 0 Å². The van der Waals surface area contributed by atoms with E-state index in [1.165, 1.54) is 5.56 Å². The molecule has 0 aliphatic carbocycles. The van der Waals surface area contributed by atoms with E-state index >= 15 is 0 Å². The summed E-state index contributed by atoms with van der Waals surface area (Å²) in [5, 5.41) is 12.9. The second-order valence-electron chi connectivity index (χ2n) is 6.86. The highest BCUT2D eigenvalue weighted by molar-refractivity contribution is 5.75. The van der Waals surface area contributed by atoms with Crippen LogP contribution in [0.25, 0.3) is 0 Å². The zero-order valence-electron chi connectivity index (χ0n) is 15.0. The van der Waals surface area contributed by atoms with Crippen LogP contribution in [-0.2, 0) is 4.79 Å². The third-order valence-corrected chi connectivity index (χ3v) is 4.69. The zero-order valence-corrected chi connectivity index (χ0v) is 15.0. The van der Waals surface area contributed by atoms with Crippen molar-refractivity contribution in [2.75, 3.05) is 33.3 Å². The number of ether oxygens (including phenoxy) is 1. The summed E-state index contributed by atoms with van der Waals surface area (Å²) >= 11 is 0. The van der Waals surface area contributed by atoms with Crippen LogP contribution in [0, 0.1) is 19.8 Å². The summed E-state index contributed by atoms with van der Waals surface area (Å²) in [6.07, 6.45) is 2.14. The second kappa shape index (κ2) is 9.04. The standard InChI is InChI=1S/C19H30N2O3/c1-14-4-5-18(15(2)10-14)24-13-17(22)12-21-8-6-16(7-9-21)11-19(23)20-3/h4-5,10,16-17,22H,6-9,11-13H2,1-3H3,(H,20,23). The minimum Gasteiger partial charge on any atom is -0.491 e. The highest BCUT2D eigenvalue weighted by Crippen LogP contribution is 2.21. The Balaban J connectivity index is 1.70. The maximum Gasteiger partial charge on any atom is 0.220 e. The van der Waals surface area contributed by atoms with Gasteiger partial charge in [-0.2, -0.15) is 0 Å². The molecule has 1 aliphatic heterocycles. The molecule has 0 bridgehead atoms. The van der Waals surface area contributed by atoms with Crippen molar-refractivity contribution in [3.8, 4) is 5.75 Å². The molecule has 0 aromatic heterocycles. The molecule has 1 fully saturated rings. The van der Waals surface area contributed by atoms with Crippen molar-refractivity contribution in [2.45, 2.75) is 39.2 Å². The molecule has 5 heteroatoms. The molecule has 1 aromatic carbocycles. The van der Waals surface area contributed by atoms with Crippen molar-refractivity contribution in [2.24, 2.45) is 5.92 Å². The lowest BCUT2D eigenvalue weighted by Crippen LogP contribution is -2.41. The minimum absolute atomic E-state index is 0.121. The topological polar surface area (TPSA) is 61.8 Å². The second-order valence-corrected chi connectivity index (χ2v) is 6.86. The molecule has 1 unspecified atom stereocenters. The van der Waals surface area contributed by atoms with Gasteiger partial charge in [-0.25, -0.2) is 0 Å². The van der Waals surface area contributed by atoms with Gasteiger partial charge in [0.1, 0.15) is 18.5 Å². The molecule has 0 radical (unpaired) electrons. The molecular weight excluding hydrogens is 304 g/mol. The zero-order chi connectivity index (χ0) is 17.5. The first-order valence-electron chi connectivity index (χ1n) is 8.79. The third kappa shape index (κ3) is 5.80. The summed E-state index contributed by atoms with van der Waals surface area (Å²) in [7, 11) is 1.68. The number of nitrogens with zero attached hydrogens (tertiary/aromatic N) is 1. The molecule has 1 heterocycles. The van der Waals surface area contributed by atoms with E-state index in [1.54, 1.807) is 7.05 Å². The Morgan fingerprint density at radius 2 is 2.08 bits per heavy atom. The summed E-state index contributed by atoms with van der Waals surface area (Å²) in [4.78, 5) is 13.7. The number of likely N-dealkylation sites (tertiary alicyclic amines) is 1. The first kappa shape index (κ1) is 18.7. The lowest BCUT2D eigenvalue weighted by atomic mass is 9.93. The number of aryl methyl sites for hydroxylation is 2. The van der Waals surface area contributed by atoms with Crippen molar-refractivity contribution in [1.29, 1.82) is 0 Å². The third-order valence-electron chi connectivity index (χ3n) is 4.69. The lowest BCUT2D eigenvalue weighted by Gasteiger charge is -2.32. The predicted molar refractivity (Wildman–Crippen MR) is 95.3 cm³/mol. The minimum atomic E-state index is -0.499. The van der Waals surface area contributed by atoms with E-state index in [2.05, 4.69) is 23.2 Å². The highest BCUT2D eigenvalue weighted by Gasteiger charge is 2.22. The van der Waals surface area contributed by atoms with E-state index in [1.807, 2.05) is 19.1 Å². The summed E-state index contributed by atoms with van der Waals surface area (Å²) in [5.74, 6) is 1.42. The molecule has 1 aromatic rings. The number of hydrogen-bond acceptors (Lipinski definition) is 4. The van der Waals surface area contributed by atoms with Gasteiger partial charge in [0, 0.05) is 20.0 Å².